The Hall–Kier alpha value is -0.930. The molecular weight excluding hydrogens is 193 g/mol. The Morgan fingerprint density at radius 2 is 2.07 bits per heavy atom. The zero-order chi connectivity index (χ0) is 10.7. The van der Waals surface area contributed by atoms with Crippen molar-refractivity contribution in [1.29, 1.82) is 0 Å². The molecule has 2 rings (SSSR count). The molecule has 3 heteroatoms. The van der Waals surface area contributed by atoms with Gasteiger partial charge in [-0.05, 0) is 37.1 Å². The van der Waals surface area contributed by atoms with E-state index in [9.17, 15) is 4.39 Å². The quantitative estimate of drug-likeness (QED) is 0.805. The van der Waals surface area contributed by atoms with Gasteiger partial charge in [0.1, 0.15) is 11.4 Å². The highest BCUT2D eigenvalue weighted by Crippen LogP contribution is 2.31. The number of methoxy groups -OCH3 is 1. The second kappa shape index (κ2) is 4.29. The van der Waals surface area contributed by atoms with Gasteiger partial charge in [-0.15, -0.1) is 0 Å². The molecule has 1 N–H and O–H groups in total. The van der Waals surface area contributed by atoms with Crippen molar-refractivity contribution >= 4 is 0 Å². The molecule has 1 fully saturated rings. The average Bonchev–Trinajstić information content (AvgIpc) is 2.31. The SMILES string of the molecule is COC1(c2ccc(F)cc2)CCCNC1. The van der Waals surface area contributed by atoms with Crippen LogP contribution < -0.4 is 5.32 Å². The van der Waals surface area contributed by atoms with Gasteiger partial charge >= 0.3 is 0 Å². The van der Waals surface area contributed by atoms with Crippen LogP contribution in [-0.4, -0.2) is 20.2 Å². The molecule has 0 radical (unpaired) electrons. The van der Waals surface area contributed by atoms with Gasteiger partial charge in [0.15, 0.2) is 0 Å². The van der Waals surface area contributed by atoms with Crippen molar-refractivity contribution in [2.75, 3.05) is 20.2 Å². The van der Waals surface area contributed by atoms with E-state index >= 15 is 0 Å². The summed E-state index contributed by atoms with van der Waals surface area (Å²) in [5.74, 6) is -0.200. The summed E-state index contributed by atoms with van der Waals surface area (Å²) < 4.78 is 18.4. The highest BCUT2D eigenvalue weighted by atomic mass is 19.1. The number of hydrogen-bond donors (Lipinski definition) is 1. The van der Waals surface area contributed by atoms with Gasteiger partial charge in [-0.25, -0.2) is 4.39 Å². The topological polar surface area (TPSA) is 21.3 Å². The summed E-state index contributed by atoms with van der Waals surface area (Å²) in [4.78, 5) is 0. The lowest BCUT2D eigenvalue weighted by Gasteiger charge is -2.36. The molecule has 0 aliphatic carbocycles. The number of ether oxygens (including phenoxy) is 1. The third kappa shape index (κ3) is 2.03. The van der Waals surface area contributed by atoms with Crippen LogP contribution in [0.25, 0.3) is 0 Å². The van der Waals surface area contributed by atoms with Crippen molar-refractivity contribution < 1.29 is 9.13 Å². The van der Waals surface area contributed by atoms with Crippen LogP contribution in [0.2, 0.25) is 0 Å². The molecule has 1 aromatic rings. The summed E-state index contributed by atoms with van der Waals surface area (Å²) in [6.45, 7) is 1.83. The van der Waals surface area contributed by atoms with Crippen LogP contribution in [0.5, 0.6) is 0 Å². The second-order valence-electron chi connectivity index (χ2n) is 3.99. The molecule has 2 nitrogen and oxygen atoms in total. The van der Waals surface area contributed by atoms with Gasteiger partial charge in [-0.1, -0.05) is 12.1 Å². The molecule has 1 heterocycles. The Labute approximate surface area is 89.4 Å². The van der Waals surface area contributed by atoms with E-state index in [-0.39, 0.29) is 11.4 Å². The molecule has 1 unspecified atom stereocenters. The van der Waals surface area contributed by atoms with Crippen molar-refractivity contribution in [3.63, 3.8) is 0 Å². The fraction of sp³-hybridized carbons (Fsp3) is 0.500. The largest absolute Gasteiger partial charge is 0.372 e. The van der Waals surface area contributed by atoms with Crippen molar-refractivity contribution in [2.45, 2.75) is 18.4 Å². The average molecular weight is 209 g/mol. The van der Waals surface area contributed by atoms with E-state index in [4.69, 9.17) is 4.74 Å². The molecule has 1 saturated heterocycles. The summed E-state index contributed by atoms with van der Waals surface area (Å²) in [6.07, 6.45) is 2.08. The molecule has 1 atom stereocenters. The normalized spacial score (nSPS) is 26.5. The lowest BCUT2D eigenvalue weighted by Crippen LogP contribution is -2.44. The van der Waals surface area contributed by atoms with E-state index in [1.807, 2.05) is 12.1 Å². The van der Waals surface area contributed by atoms with Crippen molar-refractivity contribution in [3.05, 3.63) is 35.6 Å². The van der Waals surface area contributed by atoms with E-state index in [2.05, 4.69) is 5.32 Å². The fourth-order valence-corrected chi connectivity index (χ4v) is 2.17. The van der Waals surface area contributed by atoms with Crippen LogP contribution in [-0.2, 0) is 10.3 Å². The molecule has 1 aliphatic heterocycles. The Kier molecular flexibility index (Phi) is 3.03. The van der Waals surface area contributed by atoms with Crippen LogP contribution in [0.3, 0.4) is 0 Å². The molecule has 0 saturated carbocycles. The molecule has 15 heavy (non-hydrogen) atoms. The first-order valence-electron chi connectivity index (χ1n) is 5.29. The monoisotopic (exact) mass is 209 g/mol. The molecule has 1 aromatic carbocycles. The van der Waals surface area contributed by atoms with Gasteiger partial charge in [0.2, 0.25) is 0 Å². The van der Waals surface area contributed by atoms with E-state index in [0.717, 1.165) is 31.5 Å². The maximum Gasteiger partial charge on any atom is 0.123 e. The summed E-state index contributed by atoms with van der Waals surface area (Å²) >= 11 is 0. The minimum atomic E-state index is -0.272. The zero-order valence-corrected chi connectivity index (χ0v) is 8.92. The number of hydrogen-bond acceptors (Lipinski definition) is 2. The van der Waals surface area contributed by atoms with E-state index < -0.39 is 0 Å². The van der Waals surface area contributed by atoms with Gasteiger partial charge in [0, 0.05) is 13.7 Å². The molecular formula is C12H16FNO. The molecule has 0 amide bonds. The summed E-state index contributed by atoms with van der Waals surface area (Å²) in [5.41, 5.74) is 0.782. The minimum Gasteiger partial charge on any atom is -0.372 e. The summed E-state index contributed by atoms with van der Waals surface area (Å²) in [6, 6.07) is 6.60. The highest BCUT2D eigenvalue weighted by molar-refractivity contribution is 5.24. The minimum absolute atomic E-state index is 0.200. The van der Waals surface area contributed by atoms with Gasteiger partial charge in [0.05, 0.1) is 0 Å². The number of nitrogens with one attached hydrogen (secondary N) is 1. The van der Waals surface area contributed by atoms with Gasteiger partial charge in [0.25, 0.3) is 0 Å². The number of piperidine rings is 1. The first-order valence-corrected chi connectivity index (χ1v) is 5.29. The van der Waals surface area contributed by atoms with Gasteiger partial charge in [-0.2, -0.15) is 0 Å². The predicted octanol–water partition coefficient (Wildman–Crippen LogP) is 2.05. The second-order valence-corrected chi connectivity index (χ2v) is 3.99. The standard InChI is InChI=1S/C12H16FNO/c1-15-12(7-2-8-14-9-12)10-3-5-11(13)6-4-10/h3-6,14H,2,7-9H2,1H3. The van der Waals surface area contributed by atoms with Gasteiger partial charge < -0.3 is 10.1 Å². The van der Waals surface area contributed by atoms with Crippen LogP contribution in [0.4, 0.5) is 4.39 Å². The molecule has 82 valence electrons. The van der Waals surface area contributed by atoms with E-state index in [1.165, 1.54) is 12.1 Å². The molecule has 1 aliphatic rings. The number of benzene rings is 1. The lowest BCUT2D eigenvalue weighted by atomic mass is 9.86. The third-order valence-electron chi connectivity index (χ3n) is 3.11. The maximum atomic E-state index is 12.8. The molecule has 0 aromatic heterocycles. The maximum absolute atomic E-state index is 12.8. The first-order chi connectivity index (χ1) is 7.27. The zero-order valence-electron chi connectivity index (χ0n) is 8.92. The Morgan fingerprint density at radius 3 is 2.60 bits per heavy atom. The lowest BCUT2D eigenvalue weighted by molar-refractivity contribution is -0.0333. The highest BCUT2D eigenvalue weighted by Gasteiger charge is 2.33. The first kappa shape index (κ1) is 10.6. The van der Waals surface area contributed by atoms with Crippen molar-refractivity contribution in [2.24, 2.45) is 0 Å². The Balaban J connectivity index is 2.28. The summed E-state index contributed by atoms with van der Waals surface area (Å²) in [5, 5.41) is 3.32. The molecule has 0 spiro atoms. The van der Waals surface area contributed by atoms with Crippen molar-refractivity contribution in [3.8, 4) is 0 Å². The third-order valence-corrected chi connectivity index (χ3v) is 3.11. The number of halogens is 1. The predicted molar refractivity (Wildman–Crippen MR) is 57.2 cm³/mol. The van der Waals surface area contributed by atoms with Crippen molar-refractivity contribution in [1.82, 2.24) is 5.32 Å². The van der Waals surface area contributed by atoms with E-state index in [0.29, 0.717) is 0 Å². The van der Waals surface area contributed by atoms with Gasteiger partial charge in [-0.3, -0.25) is 0 Å². The van der Waals surface area contributed by atoms with Crippen LogP contribution >= 0.6 is 0 Å². The summed E-state index contributed by atoms with van der Waals surface area (Å²) in [7, 11) is 1.72. The smallest absolute Gasteiger partial charge is 0.123 e. The fourth-order valence-electron chi connectivity index (χ4n) is 2.17. The van der Waals surface area contributed by atoms with Crippen LogP contribution in [0, 0.1) is 5.82 Å². The molecule has 0 bridgehead atoms. The Morgan fingerprint density at radius 1 is 1.33 bits per heavy atom. The number of rotatable bonds is 2. The Bertz CT molecular complexity index is 317. The van der Waals surface area contributed by atoms with Crippen LogP contribution in [0.1, 0.15) is 18.4 Å². The van der Waals surface area contributed by atoms with E-state index in [1.54, 1.807) is 7.11 Å². The van der Waals surface area contributed by atoms with Crippen LogP contribution in [0.15, 0.2) is 24.3 Å².